The molecule has 0 spiro atoms. The highest BCUT2D eigenvalue weighted by Gasteiger charge is 2.36. The summed E-state index contributed by atoms with van der Waals surface area (Å²) in [5.74, 6) is 0.320. The molecule has 0 saturated carbocycles. The van der Waals surface area contributed by atoms with Crippen LogP contribution in [0.1, 0.15) is 28.7 Å². The normalized spacial score (nSPS) is 12.0. The molecule has 0 bridgehead atoms. The van der Waals surface area contributed by atoms with Crippen molar-refractivity contribution in [2.75, 3.05) is 25.2 Å². The van der Waals surface area contributed by atoms with Crippen LogP contribution < -0.4 is 10.2 Å². The standard InChI is InChI=1S/C26H29N5O4/c1-17-9-11-21(18(2)15-17)31(24(32)16-30-22-8-6-5-7-20(22)28-29-30)25(23-12-10-19(3)35-23)26(33)27-13-14-34-4/h5-12,15,25H,13-14,16H2,1-4H3,(H,27,33)/t25-/m0/s1. The number of furan rings is 1. The molecule has 9 heteroatoms. The molecule has 0 aliphatic rings. The largest absolute Gasteiger partial charge is 0.464 e. The minimum absolute atomic E-state index is 0.102. The molecule has 0 radical (unpaired) electrons. The van der Waals surface area contributed by atoms with E-state index in [1.165, 1.54) is 4.90 Å². The summed E-state index contributed by atoms with van der Waals surface area (Å²) in [7, 11) is 1.56. The van der Waals surface area contributed by atoms with Crippen LogP contribution in [0.3, 0.4) is 0 Å². The Hall–Kier alpha value is -3.98. The fourth-order valence-electron chi connectivity index (χ4n) is 4.08. The number of hydrogen-bond donors (Lipinski definition) is 1. The molecule has 2 amide bonds. The van der Waals surface area contributed by atoms with Crippen LogP contribution in [0.15, 0.2) is 59.0 Å². The smallest absolute Gasteiger partial charge is 0.251 e. The molecule has 182 valence electrons. The molecule has 1 N–H and O–H groups in total. The van der Waals surface area contributed by atoms with Gasteiger partial charge < -0.3 is 14.5 Å². The lowest BCUT2D eigenvalue weighted by Crippen LogP contribution is -2.46. The molecule has 0 unspecified atom stereocenters. The first kappa shape index (κ1) is 24.2. The average molecular weight is 476 g/mol. The second kappa shape index (κ2) is 10.5. The van der Waals surface area contributed by atoms with E-state index in [4.69, 9.17) is 9.15 Å². The molecule has 2 aromatic carbocycles. The number of aromatic nitrogens is 3. The van der Waals surface area contributed by atoms with Crippen molar-refractivity contribution in [3.8, 4) is 0 Å². The van der Waals surface area contributed by atoms with Gasteiger partial charge in [-0.15, -0.1) is 5.10 Å². The van der Waals surface area contributed by atoms with Gasteiger partial charge in [0.25, 0.3) is 5.91 Å². The summed E-state index contributed by atoms with van der Waals surface area (Å²) in [5, 5.41) is 11.2. The average Bonchev–Trinajstić information content (AvgIpc) is 3.44. The zero-order chi connectivity index (χ0) is 24.9. The Kier molecular flexibility index (Phi) is 7.26. The molecule has 0 fully saturated rings. The first-order valence-corrected chi connectivity index (χ1v) is 11.4. The molecule has 4 rings (SSSR count). The van der Waals surface area contributed by atoms with Crippen molar-refractivity contribution in [3.63, 3.8) is 0 Å². The number of amides is 2. The van der Waals surface area contributed by atoms with Gasteiger partial charge in [-0.25, -0.2) is 4.68 Å². The van der Waals surface area contributed by atoms with Crippen LogP contribution in [0.5, 0.6) is 0 Å². The number of carbonyl (C=O) groups excluding carboxylic acids is 2. The highest BCUT2D eigenvalue weighted by Crippen LogP contribution is 2.32. The molecule has 0 aliphatic carbocycles. The zero-order valence-corrected chi connectivity index (χ0v) is 20.3. The van der Waals surface area contributed by atoms with Crippen molar-refractivity contribution >= 4 is 28.5 Å². The van der Waals surface area contributed by atoms with Crippen LogP contribution in [-0.4, -0.2) is 47.1 Å². The maximum Gasteiger partial charge on any atom is 0.251 e. The first-order chi connectivity index (χ1) is 16.9. The summed E-state index contributed by atoms with van der Waals surface area (Å²) in [5.41, 5.74) is 3.95. The number of hydrogen-bond acceptors (Lipinski definition) is 6. The van der Waals surface area contributed by atoms with Crippen molar-refractivity contribution in [2.24, 2.45) is 0 Å². The molecule has 0 aliphatic heterocycles. The second-order valence-electron chi connectivity index (χ2n) is 8.42. The number of benzene rings is 2. The summed E-state index contributed by atoms with van der Waals surface area (Å²) in [6.45, 7) is 6.24. The third-order valence-corrected chi connectivity index (χ3v) is 5.73. The number of anilines is 1. The first-order valence-electron chi connectivity index (χ1n) is 11.4. The molecule has 35 heavy (non-hydrogen) atoms. The van der Waals surface area contributed by atoms with E-state index < -0.39 is 6.04 Å². The van der Waals surface area contributed by atoms with Crippen LogP contribution in [0.2, 0.25) is 0 Å². The van der Waals surface area contributed by atoms with Crippen molar-refractivity contribution in [1.82, 2.24) is 20.3 Å². The van der Waals surface area contributed by atoms with Crippen LogP contribution in [0, 0.1) is 20.8 Å². The van der Waals surface area contributed by atoms with Crippen LogP contribution in [0.4, 0.5) is 5.69 Å². The van der Waals surface area contributed by atoms with E-state index in [2.05, 4.69) is 15.6 Å². The van der Waals surface area contributed by atoms with E-state index in [-0.39, 0.29) is 18.4 Å². The Bertz CT molecular complexity index is 1340. The summed E-state index contributed by atoms with van der Waals surface area (Å²) in [6.07, 6.45) is 0. The van der Waals surface area contributed by atoms with Gasteiger partial charge in [-0.1, -0.05) is 35.0 Å². The van der Waals surface area contributed by atoms with Crippen LogP contribution >= 0.6 is 0 Å². The maximum absolute atomic E-state index is 13.9. The monoisotopic (exact) mass is 475 g/mol. The molecular weight excluding hydrogens is 446 g/mol. The highest BCUT2D eigenvalue weighted by molar-refractivity contribution is 6.01. The molecule has 9 nitrogen and oxygen atoms in total. The summed E-state index contributed by atoms with van der Waals surface area (Å²) in [6, 6.07) is 15.7. The highest BCUT2D eigenvalue weighted by atomic mass is 16.5. The Morgan fingerprint density at radius 2 is 1.91 bits per heavy atom. The Labute approximate surface area is 203 Å². The Morgan fingerprint density at radius 1 is 1.11 bits per heavy atom. The van der Waals surface area contributed by atoms with Gasteiger partial charge in [0.2, 0.25) is 5.91 Å². The van der Waals surface area contributed by atoms with Gasteiger partial charge in [0.15, 0.2) is 6.04 Å². The van der Waals surface area contributed by atoms with Gasteiger partial charge in [0.1, 0.15) is 23.6 Å². The zero-order valence-electron chi connectivity index (χ0n) is 20.3. The number of nitrogens with one attached hydrogen (secondary N) is 1. The number of methoxy groups -OCH3 is 1. The number of aryl methyl sites for hydroxylation is 3. The number of para-hydroxylation sites is 1. The van der Waals surface area contributed by atoms with Gasteiger partial charge in [0, 0.05) is 19.3 Å². The van der Waals surface area contributed by atoms with Gasteiger partial charge in [-0.05, 0) is 56.7 Å². The minimum Gasteiger partial charge on any atom is -0.464 e. The number of rotatable bonds is 9. The van der Waals surface area contributed by atoms with E-state index in [1.54, 1.807) is 30.8 Å². The molecular formula is C26H29N5O4. The van der Waals surface area contributed by atoms with Crippen molar-refractivity contribution < 1.29 is 18.7 Å². The van der Waals surface area contributed by atoms with E-state index in [9.17, 15) is 9.59 Å². The van der Waals surface area contributed by atoms with Crippen molar-refractivity contribution in [3.05, 3.63) is 77.2 Å². The predicted octanol–water partition coefficient (Wildman–Crippen LogP) is 3.49. The van der Waals surface area contributed by atoms with E-state index >= 15 is 0 Å². The lowest BCUT2D eigenvalue weighted by atomic mass is 10.1. The fourth-order valence-corrected chi connectivity index (χ4v) is 4.08. The Morgan fingerprint density at radius 3 is 2.63 bits per heavy atom. The molecule has 0 saturated heterocycles. The van der Waals surface area contributed by atoms with E-state index in [0.717, 1.165) is 16.6 Å². The minimum atomic E-state index is -1.02. The SMILES string of the molecule is COCCNC(=O)[C@H](c1ccc(C)o1)N(C(=O)Cn1nnc2ccccc21)c1ccc(C)cc1C. The topological polar surface area (TPSA) is 102 Å². The molecule has 2 aromatic heterocycles. The maximum atomic E-state index is 13.9. The van der Waals surface area contributed by atoms with E-state index in [1.807, 2.05) is 56.3 Å². The summed E-state index contributed by atoms with van der Waals surface area (Å²) >= 11 is 0. The second-order valence-corrected chi connectivity index (χ2v) is 8.42. The number of nitrogens with zero attached hydrogens (tertiary/aromatic N) is 4. The quantitative estimate of drug-likeness (QED) is 0.372. The third-order valence-electron chi connectivity index (χ3n) is 5.73. The molecule has 2 heterocycles. The summed E-state index contributed by atoms with van der Waals surface area (Å²) < 4.78 is 12.5. The van der Waals surface area contributed by atoms with Gasteiger partial charge in [-0.2, -0.15) is 0 Å². The van der Waals surface area contributed by atoms with Crippen LogP contribution in [-0.2, 0) is 20.9 Å². The molecule has 1 atom stereocenters. The van der Waals surface area contributed by atoms with Crippen molar-refractivity contribution in [2.45, 2.75) is 33.4 Å². The fraction of sp³-hybridized carbons (Fsp3) is 0.308. The lowest BCUT2D eigenvalue weighted by Gasteiger charge is -2.31. The van der Waals surface area contributed by atoms with Gasteiger partial charge in [0.05, 0.1) is 12.1 Å². The van der Waals surface area contributed by atoms with Crippen LogP contribution in [0.25, 0.3) is 11.0 Å². The molecule has 4 aromatic rings. The summed E-state index contributed by atoms with van der Waals surface area (Å²) in [4.78, 5) is 28.9. The number of carbonyl (C=O) groups is 2. The Balaban J connectivity index is 1.79. The number of ether oxygens (including phenoxy) is 1. The van der Waals surface area contributed by atoms with Gasteiger partial charge in [-0.3, -0.25) is 14.5 Å². The number of fused-ring (bicyclic) bond motifs is 1. The van der Waals surface area contributed by atoms with Crippen molar-refractivity contribution in [1.29, 1.82) is 0 Å². The lowest BCUT2D eigenvalue weighted by molar-refractivity contribution is -0.127. The predicted molar refractivity (Wildman–Crippen MR) is 132 cm³/mol. The third kappa shape index (κ3) is 5.25. The van der Waals surface area contributed by atoms with Gasteiger partial charge >= 0.3 is 0 Å². The van der Waals surface area contributed by atoms with E-state index in [0.29, 0.717) is 35.9 Å².